The maximum Gasteiger partial charge on any atom is 0.305 e. The van der Waals surface area contributed by atoms with Crippen LogP contribution in [-0.4, -0.2) is 49.5 Å². The van der Waals surface area contributed by atoms with Crippen molar-refractivity contribution in [2.24, 2.45) is 0 Å². The molecular formula is C17H20N4O3. The lowest BCUT2D eigenvalue weighted by molar-refractivity contribution is -0.137. The van der Waals surface area contributed by atoms with E-state index in [2.05, 4.69) is 10.3 Å². The molecule has 1 aliphatic heterocycles. The van der Waals surface area contributed by atoms with Crippen LogP contribution >= 0.6 is 0 Å². The highest BCUT2D eigenvalue weighted by Crippen LogP contribution is 2.23. The normalized spacial score (nSPS) is 17.2. The molecule has 1 aliphatic rings. The van der Waals surface area contributed by atoms with E-state index in [1.54, 1.807) is 16.5 Å². The molecule has 24 heavy (non-hydrogen) atoms. The molecule has 1 aromatic carbocycles. The van der Waals surface area contributed by atoms with Crippen LogP contribution in [0.25, 0.3) is 5.69 Å². The van der Waals surface area contributed by atoms with Gasteiger partial charge in [-0.15, -0.1) is 5.10 Å². The fourth-order valence-corrected chi connectivity index (χ4v) is 3.11. The van der Waals surface area contributed by atoms with Crippen LogP contribution in [0.3, 0.4) is 0 Å². The average molecular weight is 328 g/mol. The molecule has 1 N–H and O–H groups in total. The minimum atomic E-state index is -0.889. The molecule has 0 spiro atoms. The average Bonchev–Trinajstić information content (AvgIpc) is 3.14. The molecule has 1 saturated heterocycles. The molecule has 2 aromatic rings. The van der Waals surface area contributed by atoms with Crippen LogP contribution in [0.4, 0.5) is 0 Å². The molecule has 0 aliphatic carbocycles. The molecule has 1 unspecified atom stereocenters. The Kier molecular flexibility index (Phi) is 4.33. The number of hydrogen-bond acceptors (Lipinski definition) is 4. The van der Waals surface area contributed by atoms with Gasteiger partial charge in [-0.25, -0.2) is 4.68 Å². The van der Waals surface area contributed by atoms with E-state index >= 15 is 0 Å². The number of nitrogens with zero attached hydrogens (tertiary/aromatic N) is 4. The van der Waals surface area contributed by atoms with E-state index in [0.29, 0.717) is 18.7 Å². The minimum absolute atomic E-state index is 0.0309. The summed E-state index contributed by atoms with van der Waals surface area (Å²) in [6.45, 7) is 4.37. The molecule has 1 atom stereocenters. The van der Waals surface area contributed by atoms with Crippen molar-refractivity contribution in [2.45, 2.75) is 39.2 Å². The topological polar surface area (TPSA) is 88.3 Å². The predicted octanol–water partition coefficient (Wildman–Crippen LogP) is 1.96. The Morgan fingerprint density at radius 1 is 1.25 bits per heavy atom. The monoisotopic (exact) mass is 328 g/mol. The van der Waals surface area contributed by atoms with Crippen LogP contribution in [0.2, 0.25) is 0 Å². The van der Waals surface area contributed by atoms with Crippen molar-refractivity contribution in [2.75, 3.05) is 6.54 Å². The van der Waals surface area contributed by atoms with Gasteiger partial charge in [0.15, 0.2) is 5.69 Å². The van der Waals surface area contributed by atoms with Crippen molar-refractivity contribution >= 4 is 11.9 Å². The van der Waals surface area contributed by atoms with E-state index in [-0.39, 0.29) is 24.1 Å². The second kappa shape index (κ2) is 6.43. The maximum absolute atomic E-state index is 12.8. The Morgan fingerprint density at radius 3 is 2.62 bits per heavy atom. The Balaban J connectivity index is 1.86. The first-order chi connectivity index (χ1) is 11.5. The number of likely N-dealkylation sites (tertiary alicyclic amines) is 1. The lowest BCUT2D eigenvalue weighted by Crippen LogP contribution is -2.37. The van der Waals surface area contributed by atoms with Crippen molar-refractivity contribution in [3.8, 4) is 5.69 Å². The predicted molar refractivity (Wildman–Crippen MR) is 87.1 cm³/mol. The number of aryl methyl sites for hydroxylation is 1. The number of aromatic nitrogens is 3. The summed E-state index contributed by atoms with van der Waals surface area (Å²) in [4.78, 5) is 25.4. The van der Waals surface area contributed by atoms with Crippen molar-refractivity contribution in [3.05, 3.63) is 41.2 Å². The van der Waals surface area contributed by atoms with Gasteiger partial charge in [-0.3, -0.25) is 9.59 Å². The second-order valence-corrected chi connectivity index (χ2v) is 6.16. The van der Waals surface area contributed by atoms with Crippen LogP contribution in [0.1, 0.15) is 41.0 Å². The number of carbonyl (C=O) groups excluding carboxylic acids is 1. The molecule has 0 saturated carbocycles. The van der Waals surface area contributed by atoms with Crippen LogP contribution in [-0.2, 0) is 4.79 Å². The van der Waals surface area contributed by atoms with Gasteiger partial charge >= 0.3 is 5.97 Å². The molecule has 1 amide bonds. The largest absolute Gasteiger partial charge is 0.481 e. The highest BCUT2D eigenvalue weighted by atomic mass is 16.4. The van der Waals surface area contributed by atoms with Crippen LogP contribution < -0.4 is 0 Å². The van der Waals surface area contributed by atoms with Gasteiger partial charge < -0.3 is 10.0 Å². The number of aliphatic carboxylic acids is 1. The van der Waals surface area contributed by atoms with E-state index in [0.717, 1.165) is 17.7 Å². The first-order valence-electron chi connectivity index (χ1n) is 7.99. The lowest BCUT2D eigenvalue weighted by atomic mass is 10.1. The Labute approximate surface area is 139 Å². The summed E-state index contributed by atoms with van der Waals surface area (Å²) in [5.41, 5.74) is 2.92. The van der Waals surface area contributed by atoms with E-state index in [9.17, 15) is 9.59 Å². The molecule has 1 fully saturated rings. The number of benzene rings is 1. The number of carbonyl (C=O) groups is 2. The van der Waals surface area contributed by atoms with Gasteiger partial charge in [0.1, 0.15) is 0 Å². The van der Waals surface area contributed by atoms with Gasteiger partial charge in [-0.1, -0.05) is 22.9 Å². The minimum Gasteiger partial charge on any atom is -0.481 e. The van der Waals surface area contributed by atoms with Crippen molar-refractivity contribution in [1.29, 1.82) is 0 Å². The zero-order valence-corrected chi connectivity index (χ0v) is 13.8. The molecule has 126 valence electrons. The maximum atomic E-state index is 12.8. The van der Waals surface area contributed by atoms with Gasteiger partial charge in [0.05, 0.1) is 17.8 Å². The summed E-state index contributed by atoms with van der Waals surface area (Å²) >= 11 is 0. The van der Waals surface area contributed by atoms with Gasteiger partial charge in [0.2, 0.25) is 0 Å². The number of rotatable bonds is 4. The van der Waals surface area contributed by atoms with Crippen LogP contribution in [0.5, 0.6) is 0 Å². The quantitative estimate of drug-likeness (QED) is 0.927. The Bertz CT molecular complexity index is 767. The van der Waals surface area contributed by atoms with Crippen molar-refractivity contribution < 1.29 is 14.7 Å². The molecule has 3 rings (SSSR count). The third-order valence-electron chi connectivity index (χ3n) is 4.42. The highest BCUT2D eigenvalue weighted by molar-refractivity contribution is 5.94. The van der Waals surface area contributed by atoms with E-state index in [1.165, 1.54) is 0 Å². The first-order valence-corrected chi connectivity index (χ1v) is 7.99. The highest BCUT2D eigenvalue weighted by Gasteiger charge is 2.33. The standard InChI is InChI=1S/C17H20N4O3/c1-11-5-7-13(8-6-11)21-12(2)16(18-19-21)17(24)20-9-3-4-14(20)10-15(22)23/h5-8,14H,3-4,9-10H2,1-2H3,(H,22,23). The number of amides is 1. The third kappa shape index (κ3) is 3.02. The van der Waals surface area contributed by atoms with Crippen molar-refractivity contribution in [1.82, 2.24) is 19.9 Å². The molecule has 2 heterocycles. The molecular weight excluding hydrogens is 308 g/mol. The molecule has 0 bridgehead atoms. The number of carboxylic acids is 1. The van der Waals surface area contributed by atoms with E-state index in [1.807, 2.05) is 31.2 Å². The van der Waals surface area contributed by atoms with Crippen LogP contribution in [0.15, 0.2) is 24.3 Å². The van der Waals surface area contributed by atoms with Gasteiger partial charge in [-0.05, 0) is 38.8 Å². The Morgan fingerprint density at radius 2 is 1.96 bits per heavy atom. The zero-order chi connectivity index (χ0) is 17.3. The molecule has 0 radical (unpaired) electrons. The zero-order valence-electron chi connectivity index (χ0n) is 13.8. The van der Waals surface area contributed by atoms with Crippen molar-refractivity contribution in [3.63, 3.8) is 0 Å². The van der Waals surface area contributed by atoms with Crippen LogP contribution in [0, 0.1) is 13.8 Å². The fraction of sp³-hybridized carbons (Fsp3) is 0.412. The van der Waals surface area contributed by atoms with Gasteiger partial charge in [0.25, 0.3) is 5.91 Å². The SMILES string of the molecule is Cc1ccc(-n2nnc(C(=O)N3CCCC3CC(=O)O)c2C)cc1. The fourth-order valence-electron chi connectivity index (χ4n) is 3.11. The first kappa shape index (κ1) is 16.2. The van der Waals surface area contributed by atoms with E-state index < -0.39 is 5.97 Å². The summed E-state index contributed by atoms with van der Waals surface area (Å²) in [6.07, 6.45) is 1.49. The second-order valence-electron chi connectivity index (χ2n) is 6.16. The lowest BCUT2D eigenvalue weighted by Gasteiger charge is -2.22. The third-order valence-corrected chi connectivity index (χ3v) is 4.42. The number of carboxylic acid groups (broad SMARTS) is 1. The summed E-state index contributed by atoms with van der Waals surface area (Å²) in [6, 6.07) is 7.53. The van der Waals surface area contributed by atoms with Gasteiger partial charge in [-0.2, -0.15) is 0 Å². The summed E-state index contributed by atoms with van der Waals surface area (Å²) in [5, 5.41) is 17.1. The van der Waals surface area contributed by atoms with E-state index in [4.69, 9.17) is 5.11 Å². The summed E-state index contributed by atoms with van der Waals surface area (Å²) in [7, 11) is 0. The summed E-state index contributed by atoms with van der Waals surface area (Å²) in [5.74, 6) is -1.13. The smallest absolute Gasteiger partial charge is 0.305 e. The molecule has 1 aromatic heterocycles. The summed E-state index contributed by atoms with van der Waals surface area (Å²) < 4.78 is 1.63. The Hall–Kier alpha value is -2.70. The number of hydrogen-bond donors (Lipinski definition) is 1. The molecule has 7 heteroatoms. The molecule has 7 nitrogen and oxygen atoms in total. The van der Waals surface area contributed by atoms with Gasteiger partial charge in [0, 0.05) is 12.6 Å².